The average molecular weight is 537 g/mol. The Balaban J connectivity index is 2.65. The molecule has 3 amide bonds. The number of fused-ring (bicyclic) bond motifs is 2. The zero-order valence-electron chi connectivity index (χ0n) is 23.0. The highest BCUT2D eigenvalue weighted by atomic mass is 16.5. The minimum Gasteiger partial charge on any atom is -0.493 e. The topological polar surface area (TPSA) is 164 Å². The number of nitrogens with one attached hydrogen (secondary N) is 4. The summed E-state index contributed by atoms with van der Waals surface area (Å²) in [6, 6.07) is 1.30. The van der Waals surface area contributed by atoms with E-state index in [0.29, 0.717) is 11.3 Å². The largest absolute Gasteiger partial charge is 0.493 e. The molecule has 0 saturated carbocycles. The Hall–Kier alpha value is -3.38. The number of carbonyl (C=O) groups excluding carboxylic acids is 4. The third-order valence-electron chi connectivity index (χ3n) is 6.60. The highest BCUT2D eigenvalue weighted by Gasteiger charge is 2.44. The van der Waals surface area contributed by atoms with Crippen LogP contribution >= 0.6 is 0 Å². The summed E-state index contributed by atoms with van der Waals surface area (Å²) in [7, 11) is 2.97. The summed E-state index contributed by atoms with van der Waals surface area (Å²) >= 11 is 0. The molecule has 1 aliphatic rings. The molecule has 0 aliphatic carbocycles. The molecule has 212 valence electrons. The highest BCUT2D eigenvalue weighted by Crippen LogP contribution is 2.36. The van der Waals surface area contributed by atoms with Crippen LogP contribution in [0.1, 0.15) is 52.7 Å². The van der Waals surface area contributed by atoms with Gasteiger partial charge in [-0.15, -0.1) is 0 Å². The number of hydrogen-bond acceptors (Lipinski definition) is 9. The molecule has 2 bridgehead atoms. The van der Waals surface area contributed by atoms with Gasteiger partial charge in [-0.3, -0.25) is 19.2 Å². The number of ether oxygens (including phenoxy) is 3. The van der Waals surface area contributed by atoms with Gasteiger partial charge in [0.15, 0.2) is 11.5 Å². The lowest BCUT2D eigenvalue weighted by molar-refractivity contribution is -0.145. The highest BCUT2D eigenvalue weighted by molar-refractivity contribution is 5.94. The second-order valence-corrected chi connectivity index (χ2v) is 9.58. The van der Waals surface area contributed by atoms with E-state index in [-0.39, 0.29) is 24.7 Å². The number of hydrogen-bond donors (Lipinski definition) is 5. The molecule has 1 heterocycles. The van der Waals surface area contributed by atoms with Gasteiger partial charge in [0, 0.05) is 0 Å². The lowest BCUT2D eigenvalue weighted by atomic mass is 9.91. The summed E-state index contributed by atoms with van der Waals surface area (Å²) in [5.41, 5.74) is -0.982. The van der Waals surface area contributed by atoms with E-state index in [4.69, 9.17) is 14.2 Å². The first-order valence-corrected chi connectivity index (χ1v) is 12.7. The molecule has 12 nitrogen and oxygen atoms in total. The number of esters is 1. The molecule has 1 aromatic rings. The minimum absolute atomic E-state index is 0.149. The number of benzene rings is 1. The Morgan fingerprint density at radius 3 is 2.42 bits per heavy atom. The lowest BCUT2D eigenvalue weighted by Gasteiger charge is -2.38. The summed E-state index contributed by atoms with van der Waals surface area (Å²) < 4.78 is 16.7. The van der Waals surface area contributed by atoms with Gasteiger partial charge in [0.1, 0.15) is 36.4 Å². The zero-order valence-corrected chi connectivity index (χ0v) is 23.0. The molecule has 0 spiro atoms. The second kappa shape index (κ2) is 13.4. The van der Waals surface area contributed by atoms with Crippen molar-refractivity contribution in [3.63, 3.8) is 0 Å². The minimum atomic E-state index is -1.34. The van der Waals surface area contributed by atoms with Gasteiger partial charge in [-0.1, -0.05) is 26.8 Å². The number of rotatable bonds is 8. The van der Waals surface area contributed by atoms with Crippen LogP contribution in [0.3, 0.4) is 0 Å². The molecule has 1 aliphatic heterocycles. The quantitative estimate of drug-likeness (QED) is 0.292. The Morgan fingerprint density at radius 1 is 1.18 bits per heavy atom. The maximum atomic E-state index is 13.5. The van der Waals surface area contributed by atoms with Crippen molar-refractivity contribution in [2.24, 2.45) is 5.92 Å². The molecule has 0 radical (unpaired) electrons. The van der Waals surface area contributed by atoms with Crippen molar-refractivity contribution in [2.75, 3.05) is 27.3 Å². The van der Waals surface area contributed by atoms with Crippen molar-refractivity contribution >= 4 is 23.7 Å². The molecule has 5 N–H and O–H groups in total. The van der Waals surface area contributed by atoms with Crippen LogP contribution in [-0.2, 0) is 23.9 Å². The van der Waals surface area contributed by atoms with E-state index < -0.39 is 60.1 Å². The molecule has 5 atom stereocenters. The van der Waals surface area contributed by atoms with Crippen LogP contribution in [0, 0.1) is 5.92 Å². The van der Waals surface area contributed by atoms with Crippen molar-refractivity contribution in [3.05, 3.63) is 23.8 Å². The Labute approximate surface area is 223 Å². The maximum absolute atomic E-state index is 13.5. The Kier molecular flexibility index (Phi) is 10.9. The van der Waals surface area contributed by atoms with E-state index >= 15 is 0 Å². The molecular weight excluding hydrogens is 496 g/mol. The van der Waals surface area contributed by atoms with Gasteiger partial charge in [0.05, 0.1) is 13.7 Å². The van der Waals surface area contributed by atoms with E-state index in [9.17, 15) is 24.3 Å². The van der Waals surface area contributed by atoms with E-state index in [1.807, 2.05) is 0 Å². The third-order valence-corrected chi connectivity index (χ3v) is 6.60. The SMILES string of the molecule is CCOC(=O)CNC(=O)[C@H]1NC(=O)[C@H](C(C)C)NC(=O)[C@@H](NC)[C@H](O)c2ccc(OC)c(c2)O[C@]1(C)CC. The van der Waals surface area contributed by atoms with Gasteiger partial charge in [0.2, 0.25) is 17.7 Å². The predicted octanol–water partition coefficient (Wildman–Crippen LogP) is 0.183. The Morgan fingerprint density at radius 2 is 1.87 bits per heavy atom. The zero-order chi connectivity index (χ0) is 28.6. The van der Waals surface area contributed by atoms with E-state index in [2.05, 4.69) is 21.3 Å². The van der Waals surface area contributed by atoms with Gasteiger partial charge in [-0.2, -0.15) is 0 Å². The molecule has 38 heavy (non-hydrogen) atoms. The van der Waals surface area contributed by atoms with Crippen LogP contribution in [0.4, 0.5) is 0 Å². The van der Waals surface area contributed by atoms with Crippen LogP contribution in [0.25, 0.3) is 0 Å². The van der Waals surface area contributed by atoms with Gasteiger partial charge in [-0.05, 0) is 50.9 Å². The number of methoxy groups -OCH3 is 1. The molecule has 12 heteroatoms. The first-order valence-electron chi connectivity index (χ1n) is 12.7. The van der Waals surface area contributed by atoms with Gasteiger partial charge < -0.3 is 40.6 Å². The van der Waals surface area contributed by atoms with E-state index in [1.165, 1.54) is 20.2 Å². The molecule has 0 saturated heterocycles. The van der Waals surface area contributed by atoms with Crippen LogP contribution < -0.4 is 30.7 Å². The van der Waals surface area contributed by atoms with Gasteiger partial charge in [-0.25, -0.2) is 0 Å². The van der Waals surface area contributed by atoms with Crippen molar-refractivity contribution in [2.45, 2.75) is 70.9 Å². The fourth-order valence-corrected chi connectivity index (χ4v) is 4.15. The summed E-state index contributed by atoms with van der Waals surface area (Å²) in [5, 5.41) is 21.8. The van der Waals surface area contributed by atoms with Crippen molar-refractivity contribution in [3.8, 4) is 11.5 Å². The second-order valence-electron chi connectivity index (χ2n) is 9.58. The molecule has 2 rings (SSSR count). The average Bonchev–Trinajstić information content (AvgIpc) is 2.88. The lowest BCUT2D eigenvalue weighted by Crippen LogP contribution is -2.65. The first-order chi connectivity index (χ1) is 17.9. The van der Waals surface area contributed by atoms with Crippen molar-refractivity contribution in [1.29, 1.82) is 0 Å². The summed E-state index contributed by atoms with van der Waals surface area (Å²) in [5.74, 6) is -2.40. The fourth-order valence-electron chi connectivity index (χ4n) is 4.15. The first kappa shape index (κ1) is 30.8. The number of amides is 3. The van der Waals surface area contributed by atoms with Gasteiger partial charge in [0.25, 0.3) is 0 Å². The summed E-state index contributed by atoms with van der Waals surface area (Å²) in [6.07, 6.45) is -1.04. The fraction of sp³-hybridized carbons (Fsp3) is 0.615. The monoisotopic (exact) mass is 536 g/mol. The molecule has 0 aromatic heterocycles. The van der Waals surface area contributed by atoms with Crippen molar-refractivity contribution < 1.29 is 38.5 Å². The Bertz CT molecular complexity index is 1020. The third kappa shape index (κ3) is 7.13. The van der Waals surface area contributed by atoms with Gasteiger partial charge >= 0.3 is 5.97 Å². The maximum Gasteiger partial charge on any atom is 0.325 e. The molecular formula is C26H40N4O8. The predicted molar refractivity (Wildman–Crippen MR) is 138 cm³/mol. The molecule has 1 aromatic carbocycles. The van der Waals surface area contributed by atoms with Crippen molar-refractivity contribution in [1.82, 2.24) is 21.3 Å². The van der Waals surface area contributed by atoms with Crippen LogP contribution in [0.2, 0.25) is 0 Å². The number of carbonyl (C=O) groups is 4. The van der Waals surface area contributed by atoms with Crippen LogP contribution in [-0.4, -0.2) is 79.8 Å². The molecule has 0 fully saturated rings. The van der Waals surface area contributed by atoms with Crippen LogP contribution in [0.5, 0.6) is 11.5 Å². The number of aliphatic hydroxyl groups is 1. The standard InChI is InChI=1S/C26H40N4O8/c1-8-26(5)22(25(35)28-13-18(31)37-9-2)30-23(33)19(14(3)4)29-24(34)20(27-6)21(32)15-10-11-16(36-7)17(12-15)38-26/h10-12,14,19-22,27,32H,8-9,13H2,1-7H3,(H,28,35)(H,29,34)(H,30,33)/t19-,20-,21+,22+,26+/m0/s1. The molecule has 0 unspecified atom stereocenters. The van der Waals surface area contributed by atoms with E-state index in [1.54, 1.807) is 46.8 Å². The summed E-state index contributed by atoms with van der Waals surface area (Å²) in [6.45, 7) is 8.30. The van der Waals surface area contributed by atoms with Crippen LogP contribution in [0.15, 0.2) is 18.2 Å². The number of aliphatic hydroxyl groups excluding tert-OH is 1. The summed E-state index contributed by atoms with van der Waals surface area (Å²) in [4.78, 5) is 52.0. The van der Waals surface area contributed by atoms with E-state index in [0.717, 1.165) is 0 Å². The normalized spacial score (nSPS) is 26.0. The number of likely N-dealkylation sites (N-methyl/N-ethyl adjacent to an activating group) is 1. The smallest absolute Gasteiger partial charge is 0.325 e.